The van der Waals surface area contributed by atoms with Gasteiger partial charge in [-0.2, -0.15) is 10.4 Å². The largest absolute Gasteiger partial charge is 0.381 e. The van der Waals surface area contributed by atoms with Crippen LogP contribution in [0.4, 0.5) is 11.5 Å². The number of nitrogens with two attached hydrogens (primary N) is 1. The number of H-pyrrole nitrogens is 1. The lowest BCUT2D eigenvalue weighted by atomic mass is 10.1. The van der Waals surface area contributed by atoms with Crippen molar-refractivity contribution < 1.29 is 9.59 Å². The predicted molar refractivity (Wildman–Crippen MR) is 111 cm³/mol. The monoisotopic (exact) mass is 414 g/mol. The number of aromatic nitrogens is 2. The Kier molecular flexibility index (Phi) is 6.73. The molecular formula is C20H23ClN6O2. The zero-order valence-corrected chi connectivity index (χ0v) is 16.8. The van der Waals surface area contributed by atoms with Crippen LogP contribution in [0.1, 0.15) is 53.7 Å². The van der Waals surface area contributed by atoms with Crippen LogP contribution in [-0.4, -0.2) is 35.1 Å². The van der Waals surface area contributed by atoms with Crippen LogP contribution in [0.15, 0.2) is 18.2 Å². The number of carbonyl (C=O) groups is 2. The number of carbonyl (C=O) groups excluding carboxylic acids is 2. The molecule has 2 aromatic rings. The van der Waals surface area contributed by atoms with E-state index in [1.165, 1.54) is 0 Å². The van der Waals surface area contributed by atoms with E-state index in [1.807, 2.05) is 0 Å². The highest BCUT2D eigenvalue weighted by molar-refractivity contribution is 6.31. The molecule has 8 nitrogen and oxygen atoms in total. The van der Waals surface area contributed by atoms with E-state index in [0.717, 1.165) is 31.4 Å². The first-order valence-electron chi connectivity index (χ1n) is 9.62. The Morgan fingerprint density at radius 1 is 1.38 bits per heavy atom. The lowest BCUT2D eigenvalue weighted by Gasteiger charge is -2.19. The lowest BCUT2D eigenvalue weighted by Crippen LogP contribution is -2.30. The number of aromatic amines is 1. The number of amides is 2. The lowest BCUT2D eigenvalue weighted by molar-refractivity contribution is -0.117. The van der Waals surface area contributed by atoms with Crippen molar-refractivity contribution in [3.8, 4) is 6.07 Å². The maximum atomic E-state index is 12.6. The number of nitriles is 1. The molecule has 9 heteroatoms. The first-order chi connectivity index (χ1) is 14.0. The standard InChI is InChI=1S/C20H23ClN6O2/c21-13-7-8-14(17(11-13)27-10-4-6-18(27)28)20(29)24-9-3-1-2-5-16-15(12-22)19(23)26-25-16/h7-8,11H,1-6,9-10H2,(H,24,29)(H3,23,25,26). The van der Waals surface area contributed by atoms with Crippen molar-refractivity contribution in [2.24, 2.45) is 0 Å². The Bertz CT molecular complexity index is 949. The number of aryl methyl sites for hydroxylation is 1. The third-order valence-electron chi connectivity index (χ3n) is 4.94. The maximum absolute atomic E-state index is 12.6. The SMILES string of the molecule is N#Cc1c(N)n[nH]c1CCCCCNC(=O)c1ccc(Cl)cc1N1CCCC1=O. The molecule has 2 amide bonds. The second kappa shape index (κ2) is 9.43. The van der Waals surface area contributed by atoms with Crippen LogP contribution in [0.5, 0.6) is 0 Å². The number of nitrogen functional groups attached to an aromatic ring is 1. The molecule has 0 spiro atoms. The Balaban J connectivity index is 1.49. The Morgan fingerprint density at radius 2 is 2.21 bits per heavy atom. The fourth-order valence-electron chi connectivity index (χ4n) is 3.42. The number of nitrogens with zero attached hydrogens (tertiary/aromatic N) is 3. The molecule has 152 valence electrons. The topological polar surface area (TPSA) is 128 Å². The third-order valence-corrected chi connectivity index (χ3v) is 5.17. The van der Waals surface area contributed by atoms with Crippen LogP contribution in [0.25, 0.3) is 0 Å². The summed E-state index contributed by atoms with van der Waals surface area (Å²) in [5, 5.41) is 19.1. The molecule has 3 rings (SSSR count). The van der Waals surface area contributed by atoms with Crippen molar-refractivity contribution >= 4 is 34.9 Å². The van der Waals surface area contributed by atoms with E-state index in [4.69, 9.17) is 22.6 Å². The quantitative estimate of drug-likeness (QED) is 0.572. The van der Waals surface area contributed by atoms with Crippen molar-refractivity contribution in [3.05, 3.63) is 40.0 Å². The van der Waals surface area contributed by atoms with Crippen LogP contribution in [-0.2, 0) is 11.2 Å². The summed E-state index contributed by atoms with van der Waals surface area (Å²) in [6.07, 6.45) is 4.47. The predicted octanol–water partition coefficient (Wildman–Crippen LogP) is 2.79. The summed E-state index contributed by atoms with van der Waals surface area (Å²) in [5.74, 6) is 0.0204. The minimum Gasteiger partial charge on any atom is -0.381 e. The number of rotatable bonds is 8. The number of benzene rings is 1. The molecule has 29 heavy (non-hydrogen) atoms. The van der Waals surface area contributed by atoms with Gasteiger partial charge in [0.25, 0.3) is 5.91 Å². The Labute approximate surface area is 174 Å². The molecule has 1 aromatic heterocycles. The van der Waals surface area contributed by atoms with Crippen molar-refractivity contribution in [2.75, 3.05) is 23.7 Å². The van der Waals surface area contributed by atoms with Crippen LogP contribution in [0, 0.1) is 11.3 Å². The fourth-order valence-corrected chi connectivity index (χ4v) is 3.59. The molecule has 1 aliphatic heterocycles. The molecular weight excluding hydrogens is 392 g/mol. The van der Waals surface area contributed by atoms with Gasteiger partial charge in [-0.15, -0.1) is 0 Å². The number of unbranched alkanes of at least 4 members (excludes halogenated alkanes) is 2. The molecule has 0 radical (unpaired) electrons. The number of anilines is 2. The van der Waals surface area contributed by atoms with Gasteiger partial charge in [0.1, 0.15) is 11.6 Å². The third kappa shape index (κ3) is 4.87. The van der Waals surface area contributed by atoms with E-state index in [-0.39, 0.29) is 17.6 Å². The van der Waals surface area contributed by atoms with Gasteiger partial charge in [-0.3, -0.25) is 14.7 Å². The van der Waals surface area contributed by atoms with E-state index >= 15 is 0 Å². The van der Waals surface area contributed by atoms with Gasteiger partial charge in [0.2, 0.25) is 5.91 Å². The van der Waals surface area contributed by atoms with Gasteiger partial charge in [-0.1, -0.05) is 18.0 Å². The molecule has 1 aromatic carbocycles. The Morgan fingerprint density at radius 3 is 2.93 bits per heavy atom. The molecule has 1 fully saturated rings. The van der Waals surface area contributed by atoms with Crippen LogP contribution < -0.4 is 16.0 Å². The second-order valence-corrected chi connectivity index (χ2v) is 7.39. The summed E-state index contributed by atoms with van der Waals surface area (Å²) in [6, 6.07) is 7.03. The van der Waals surface area contributed by atoms with E-state index in [1.54, 1.807) is 23.1 Å². The van der Waals surface area contributed by atoms with Crippen molar-refractivity contribution in [3.63, 3.8) is 0 Å². The fraction of sp³-hybridized carbons (Fsp3) is 0.400. The van der Waals surface area contributed by atoms with E-state index in [9.17, 15) is 9.59 Å². The van der Waals surface area contributed by atoms with Gasteiger partial charge >= 0.3 is 0 Å². The van der Waals surface area contributed by atoms with E-state index in [0.29, 0.717) is 47.8 Å². The number of hydrogen-bond donors (Lipinski definition) is 3. The molecule has 0 saturated carbocycles. The van der Waals surface area contributed by atoms with Gasteiger partial charge in [-0.05, 0) is 43.9 Å². The highest BCUT2D eigenvalue weighted by Crippen LogP contribution is 2.28. The number of hydrogen-bond acceptors (Lipinski definition) is 5. The molecule has 1 aliphatic rings. The smallest absolute Gasteiger partial charge is 0.253 e. The van der Waals surface area contributed by atoms with E-state index < -0.39 is 0 Å². The molecule has 2 heterocycles. The summed E-state index contributed by atoms with van der Waals surface area (Å²) in [7, 11) is 0. The zero-order valence-electron chi connectivity index (χ0n) is 16.0. The summed E-state index contributed by atoms with van der Waals surface area (Å²) in [6.45, 7) is 1.12. The molecule has 4 N–H and O–H groups in total. The molecule has 1 saturated heterocycles. The Hall–Kier alpha value is -3.05. The first-order valence-corrected chi connectivity index (χ1v) is 10.00. The summed E-state index contributed by atoms with van der Waals surface area (Å²) in [4.78, 5) is 26.3. The van der Waals surface area contributed by atoms with Gasteiger partial charge in [-0.25, -0.2) is 0 Å². The first kappa shape index (κ1) is 20.7. The van der Waals surface area contributed by atoms with Gasteiger partial charge in [0.05, 0.1) is 16.9 Å². The molecule has 0 atom stereocenters. The number of nitrogens with one attached hydrogen (secondary N) is 2. The highest BCUT2D eigenvalue weighted by atomic mass is 35.5. The molecule has 0 unspecified atom stereocenters. The highest BCUT2D eigenvalue weighted by Gasteiger charge is 2.26. The second-order valence-electron chi connectivity index (χ2n) is 6.95. The van der Waals surface area contributed by atoms with Crippen molar-refractivity contribution in [1.82, 2.24) is 15.5 Å². The number of halogens is 1. The summed E-state index contributed by atoms with van der Waals surface area (Å²) >= 11 is 6.08. The van der Waals surface area contributed by atoms with Crippen LogP contribution >= 0.6 is 11.6 Å². The van der Waals surface area contributed by atoms with Crippen molar-refractivity contribution in [1.29, 1.82) is 5.26 Å². The zero-order chi connectivity index (χ0) is 20.8. The van der Waals surface area contributed by atoms with Gasteiger partial charge in [0, 0.05) is 24.5 Å². The van der Waals surface area contributed by atoms with Crippen LogP contribution in [0.3, 0.4) is 0 Å². The minimum absolute atomic E-state index is 0.0116. The normalized spacial score (nSPS) is 13.5. The average Bonchev–Trinajstić information content (AvgIpc) is 3.29. The molecule has 0 bridgehead atoms. The van der Waals surface area contributed by atoms with Gasteiger partial charge < -0.3 is 16.0 Å². The van der Waals surface area contributed by atoms with Gasteiger partial charge in [0.15, 0.2) is 5.82 Å². The minimum atomic E-state index is -0.218. The van der Waals surface area contributed by atoms with Crippen LogP contribution in [0.2, 0.25) is 5.02 Å². The van der Waals surface area contributed by atoms with E-state index in [2.05, 4.69) is 21.6 Å². The molecule has 0 aliphatic carbocycles. The summed E-state index contributed by atoms with van der Waals surface area (Å²) in [5.41, 5.74) is 7.80. The van der Waals surface area contributed by atoms with Crippen molar-refractivity contribution in [2.45, 2.75) is 38.5 Å². The maximum Gasteiger partial charge on any atom is 0.253 e. The summed E-state index contributed by atoms with van der Waals surface area (Å²) < 4.78 is 0. The average molecular weight is 415 g/mol.